The number of rotatable bonds is 8. The molecule has 0 saturated heterocycles. The maximum atomic E-state index is 12.3. The fourth-order valence-electron chi connectivity index (χ4n) is 3.65. The summed E-state index contributed by atoms with van der Waals surface area (Å²) in [5, 5.41) is 0. The summed E-state index contributed by atoms with van der Waals surface area (Å²) in [4.78, 5) is 12.3. The molecule has 0 unspecified atom stereocenters. The van der Waals surface area contributed by atoms with Crippen molar-refractivity contribution in [2.24, 2.45) is 0 Å². The zero-order valence-corrected chi connectivity index (χ0v) is 17.6. The topological polar surface area (TPSA) is 26.3 Å². The predicted molar refractivity (Wildman–Crippen MR) is 110 cm³/mol. The number of ketones is 1. The third-order valence-corrected chi connectivity index (χ3v) is 5.30. The molecule has 1 aliphatic rings. The van der Waals surface area contributed by atoms with Gasteiger partial charge in [-0.1, -0.05) is 72.4 Å². The van der Waals surface area contributed by atoms with Gasteiger partial charge in [0.25, 0.3) is 0 Å². The van der Waals surface area contributed by atoms with Crippen molar-refractivity contribution < 1.29 is 9.53 Å². The van der Waals surface area contributed by atoms with Gasteiger partial charge in [-0.25, -0.2) is 0 Å². The average Bonchev–Trinajstić information content (AvgIpc) is 2.58. The van der Waals surface area contributed by atoms with Crippen LogP contribution in [0.3, 0.4) is 0 Å². The Morgan fingerprint density at radius 1 is 1.08 bits per heavy atom. The van der Waals surface area contributed by atoms with Crippen molar-refractivity contribution in [2.75, 3.05) is 0 Å². The number of aryl methyl sites for hydroxylation is 1. The molecular weight excluding hydrogens is 320 g/mol. The Morgan fingerprint density at radius 3 is 2.35 bits per heavy atom. The summed E-state index contributed by atoms with van der Waals surface area (Å²) in [5.74, 6) is 2.07. The highest BCUT2D eigenvalue weighted by Gasteiger charge is 2.29. The zero-order valence-electron chi connectivity index (χ0n) is 17.6. The molecule has 144 valence electrons. The minimum Gasteiger partial charge on any atom is -0.461 e. The molecule has 0 fully saturated rings. The van der Waals surface area contributed by atoms with Gasteiger partial charge in [-0.3, -0.25) is 4.79 Å². The summed E-state index contributed by atoms with van der Waals surface area (Å²) in [6.45, 7) is 12.8. The number of benzene rings is 1. The SMILES string of the molecule is CCCCCCCC1=C(C(C)=O)Cc2cc(CC)cc(C(C)(C)C)c2O1. The van der Waals surface area contributed by atoms with Gasteiger partial charge < -0.3 is 4.74 Å². The van der Waals surface area contributed by atoms with Gasteiger partial charge >= 0.3 is 0 Å². The van der Waals surface area contributed by atoms with Gasteiger partial charge in [0.05, 0.1) is 0 Å². The van der Waals surface area contributed by atoms with E-state index in [9.17, 15) is 4.79 Å². The quantitative estimate of drug-likeness (QED) is 0.485. The normalized spacial score (nSPS) is 14.2. The Bertz CT molecular complexity index is 674. The molecule has 0 atom stereocenters. The van der Waals surface area contributed by atoms with Gasteiger partial charge in [-0.15, -0.1) is 0 Å². The van der Waals surface area contributed by atoms with Crippen LogP contribution in [0.15, 0.2) is 23.5 Å². The molecule has 0 amide bonds. The van der Waals surface area contributed by atoms with Crippen LogP contribution in [0.1, 0.15) is 96.8 Å². The van der Waals surface area contributed by atoms with E-state index < -0.39 is 0 Å². The minimum atomic E-state index is 0.0230. The number of hydrogen-bond donors (Lipinski definition) is 0. The average molecular weight is 357 g/mol. The first-order valence-electron chi connectivity index (χ1n) is 10.3. The fraction of sp³-hybridized carbons (Fsp3) is 0.625. The molecule has 0 aliphatic carbocycles. The molecule has 1 aromatic carbocycles. The van der Waals surface area contributed by atoms with Crippen LogP contribution in [0.5, 0.6) is 5.75 Å². The third kappa shape index (κ3) is 4.99. The van der Waals surface area contributed by atoms with Crippen LogP contribution in [0.25, 0.3) is 0 Å². The second-order valence-corrected chi connectivity index (χ2v) is 8.64. The van der Waals surface area contributed by atoms with Crippen LogP contribution >= 0.6 is 0 Å². The maximum Gasteiger partial charge on any atom is 0.159 e. The summed E-state index contributed by atoms with van der Waals surface area (Å²) in [6, 6.07) is 4.52. The highest BCUT2D eigenvalue weighted by atomic mass is 16.5. The number of fused-ring (bicyclic) bond motifs is 1. The number of allylic oxidation sites excluding steroid dienone is 2. The van der Waals surface area contributed by atoms with E-state index in [1.54, 1.807) is 6.92 Å². The summed E-state index contributed by atoms with van der Waals surface area (Å²) in [7, 11) is 0. The van der Waals surface area contributed by atoms with Crippen molar-refractivity contribution in [3.8, 4) is 5.75 Å². The van der Waals surface area contributed by atoms with E-state index in [4.69, 9.17) is 4.74 Å². The first-order chi connectivity index (χ1) is 12.3. The Hall–Kier alpha value is -1.57. The highest BCUT2D eigenvalue weighted by molar-refractivity contribution is 5.94. The largest absolute Gasteiger partial charge is 0.461 e. The molecule has 1 aliphatic heterocycles. The lowest BCUT2D eigenvalue weighted by Gasteiger charge is -2.30. The van der Waals surface area contributed by atoms with E-state index in [0.29, 0.717) is 6.42 Å². The minimum absolute atomic E-state index is 0.0230. The van der Waals surface area contributed by atoms with Gasteiger partial charge in [-0.05, 0) is 36.3 Å². The molecule has 0 radical (unpaired) electrons. The van der Waals surface area contributed by atoms with Crippen molar-refractivity contribution in [3.63, 3.8) is 0 Å². The molecule has 0 N–H and O–H groups in total. The standard InChI is InChI=1S/C24H36O2/c1-7-9-10-11-12-13-22-20(17(3)25)16-19-14-18(8-2)15-21(23(19)26-22)24(4,5)6/h14-15H,7-13,16H2,1-6H3. The van der Waals surface area contributed by atoms with E-state index >= 15 is 0 Å². The molecule has 0 spiro atoms. The van der Waals surface area contributed by atoms with Crippen molar-refractivity contribution in [3.05, 3.63) is 40.2 Å². The molecule has 2 heteroatoms. The highest BCUT2D eigenvalue weighted by Crippen LogP contribution is 2.41. The molecule has 0 bridgehead atoms. The lowest BCUT2D eigenvalue weighted by Crippen LogP contribution is -2.21. The third-order valence-electron chi connectivity index (χ3n) is 5.30. The van der Waals surface area contributed by atoms with Crippen LogP contribution in [-0.2, 0) is 23.1 Å². The molecule has 1 heterocycles. The van der Waals surface area contributed by atoms with E-state index in [0.717, 1.165) is 36.3 Å². The number of Topliss-reactive ketones (excluding diaryl/α,β-unsaturated/α-hetero) is 1. The van der Waals surface area contributed by atoms with Crippen LogP contribution in [0.4, 0.5) is 0 Å². The van der Waals surface area contributed by atoms with Gasteiger partial charge in [0.15, 0.2) is 5.78 Å². The molecule has 1 aromatic rings. The second-order valence-electron chi connectivity index (χ2n) is 8.64. The Labute approximate surface area is 160 Å². The lowest BCUT2D eigenvalue weighted by molar-refractivity contribution is -0.113. The number of hydrogen-bond acceptors (Lipinski definition) is 2. The molecule has 2 rings (SSSR count). The molecule has 0 saturated carbocycles. The van der Waals surface area contributed by atoms with E-state index in [1.807, 2.05) is 0 Å². The summed E-state index contributed by atoms with van der Waals surface area (Å²) >= 11 is 0. The van der Waals surface area contributed by atoms with Crippen molar-refractivity contribution >= 4 is 5.78 Å². The number of carbonyl (C=O) groups is 1. The van der Waals surface area contributed by atoms with Gasteiger partial charge in [0.1, 0.15) is 11.5 Å². The van der Waals surface area contributed by atoms with Crippen LogP contribution in [0, 0.1) is 0 Å². The Kier molecular flexibility index (Phi) is 7.08. The maximum absolute atomic E-state index is 12.3. The van der Waals surface area contributed by atoms with E-state index in [1.165, 1.54) is 42.4 Å². The van der Waals surface area contributed by atoms with Crippen LogP contribution < -0.4 is 4.74 Å². The number of carbonyl (C=O) groups excluding carboxylic acids is 1. The van der Waals surface area contributed by atoms with Gasteiger partial charge in [-0.2, -0.15) is 0 Å². The Morgan fingerprint density at radius 2 is 1.77 bits per heavy atom. The van der Waals surface area contributed by atoms with E-state index in [2.05, 4.69) is 46.8 Å². The van der Waals surface area contributed by atoms with Gasteiger partial charge in [0.2, 0.25) is 0 Å². The molecule has 0 aromatic heterocycles. The second kappa shape index (κ2) is 8.88. The lowest BCUT2D eigenvalue weighted by atomic mass is 9.81. The fourth-order valence-corrected chi connectivity index (χ4v) is 3.65. The zero-order chi connectivity index (χ0) is 19.3. The van der Waals surface area contributed by atoms with Crippen LogP contribution in [0.2, 0.25) is 0 Å². The molecular formula is C24H36O2. The first-order valence-corrected chi connectivity index (χ1v) is 10.3. The molecule has 26 heavy (non-hydrogen) atoms. The summed E-state index contributed by atoms with van der Waals surface area (Å²) in [5.41, 5.74) is 4.66. The summed E-state index contributed by atoms with van der Waals surface area (Å²) < 4.78 is 6.43. The summed E-state index contributed by atoms with van der Waals surface area (Å²) in [6.07, 6.45) is 8.70. The van der Waals surface area contributed by atoms with Crippen molar-refractivity contribution in [2.45, 2.75) is 98.3 Å². The van der Waals surface area contributed by atoms with Gasteiger partial charge in [0, 0.05) is 24.0 Å². The number of ether oxygens (including phenoxy) is 1. The molecule has 2 nitrogen and oxygen atoms in total. The first kappa shape index (κ1) is 20.7. The monoisotopic (exact) mass is 356 g/mol. The predicted octanol–water partition coefficient (Wildman–Crippen LogP) is 6.69. The smallest absolute Gasteiger partial charge is 0.159 e. The number of unbranched alkanes of at least 4 members (excludes halogenated alkanes) is 4. The Balaban J connectivity index is 2.32. The van der Waals surface area contributed by atoms with E-state index in [-0.39, 0.29) is 11.2 Å². The van der Waals surface area contributed by atoms with Crippen LogP contribution in [-0.4, -0.2) is 5.78 Å². The van der Waals surface area contributed by atoms with Crippen molar-refractivity contribution in [1.29, 1.82) is 0 Å². The van der Waals surface area contributed by atoms with Crippen molar-refractivity contribution in [1.82, 2.24) is 0 Å².